The van der Waals surface area contributed by atoms with Crippen molar-refractivity contribution in [2.24, 2.45) is 5.92 Å². The Morgan fingerprint density at radius 3 is 2.73 bits per heavy atom. The summed E-state index contributed by atoms with van der Waals surface area (Å²) in [6.45, 7) is -2.73. The van der Waals surface area contributed by atoms with Crippen LogP contribution >= 0.6 is 0 Å². The van der Waals surface area contributed by atoms with Crippen molar-refractivity contribution in [1.82, 2.24) is 20.5 Å². The predicted molar refractivity (Wildman–Crippen MR) is 115 cm³/mol. The van der Waals surface area contributed by atoms with Gasteiger partial charge in [-0.3, -0.25) is 14.4 Å². The average Bonchev–Trinajstić information content (AvgIpc) is 3.61. The second-order valence-corrected chi connectivity index (χ2v) is 8.92. The van der Waals surface area contributed by atoms with Crippen LogP contribution < -0.4 is 20.7 Å². The summed E-state index contributed by atoms with van der Waals surface area (Å²) < 4.78 is 56.4. The van der Waals surface area contributed by atoms with E-state index in [2.05, 4.69) is 30.6 Å². The molecule has 0 bridgehead atoms. The fourth-order valence-corrected chi connectivity index (χ4v) is 3.40. The van der Waals surface area contributed by atoms with Crippen LogP contribution in [-0.4, -0.2) is 68.3 Å². The van der Waals surface area contributed by atoms with Gasteiger partial charge in [0.25, 0.3) is 12.4 Å². The number of pyridine rings is 1. The summed E-state index contributed by atoms with van der Waals surface area (Å²) in [6, 6.07) is 2.37. The quantitative estimate of drug-likeness (QED) is 0.296. The van der Waals surface area contributed by atoms with Crippen LogP contribution in [-0.2, 0) is 24.2 Å². The first-order valence-corrected chi connectivity index (χ1v) is 11.4. The minimum atomic E-state index is -3.89. The standard InChI is InChI=1S/C19H22N6O7S/c1-20-19(28)16-13(8-15(24-25-16)23-18(27)11-3-4-11)22-17-14(33(2,29)30)7-12(9-21-17)32-6-5-31-10-26/h7-11H,3-6H2,1-2H3,(H,20,28)(H2,21,22,23,24,27)/i1D3. The number of nitrogens with zero attached hydrogens (tertiary/aromatic N) is 3. The van der Waals surface area contributed by atoms with E-state index in [-0.39, 0.29) is 59.5 Å². The smallest absolute Gasteiger partial charge is 0.293 e. The fourth-order valence-electron chi connectivity index (χ4n) is 2.61. The molecule has 1 saturated carbocycles. The topological polar surface area (TPSA) is 179 Å². The zero-order valence-electron chi connectivity index (χ0n) is 20.3. The number of ether oxygens (including phenoxy) is 2. The van der Waals surface area contributed by atoms with Crippen LogP contribution in [0.5, 0.6) is 5.75 Å². The molecule has 0 saturated heterocycles. The number of aromatic nitrogens is 3. The van der Waals surface area contributed by atoms with Crippen molar-refractivity contribution in [2.45, 2.75) is 17.7 Å². The molecule has 0 spiro atoms. The van der Waals surface area contributed by atoms with E-state index in [4.69, 9.17) is 8.85 Å². The van der Waals surface area contributed by atoms with Gasteiger partial charge < -0.3 is 25.4 Å². The Labute approximate surface area is 193 Å². The molecule has 2 amide bonds. The molecule has 13 nitrogen and oxygen atoms in total. The van der Waals surface area contributed by atoms with Crippen molar-refractivity contribution < 1.29 is 36.4 Å². The molecule has 3 rings (SSSR count). The largest absolute Gasteiger partial charge is 0.488 e. The van der Waals surface area contributed by atoms with Crippen molar-refractivity contribution in [3.8, 4) is 5.75 Å². The van der Waals surface area contributed by atoms with E-state index in [1.807, 2.05) is 0 Å². The van der Waals surface area contributed by atoms with E-state index >= 15 is 0 Å². The van der Waals surface area contributed by atoms with Crippen LogP contribution in [0.2, 0.25) is 0 Å². The maximum absolute atomic E-state index is 12.5. The van der Waals surface area contributed by atoms with Gasteiger partial charge in [0.1, 0.15) is 29.7 Å². The highest BCUT2D eigenvalue weighted by atomic mass is 32.2. The SMILES string of the molecule is [2H]C([2H])([2H])NC(=O)c1nnc(NC(=O)C2CC2)cc1Nc1ncc(OCCOC=O)cc1S(C)(=O)=O. The Hall–Kier alpha value is -3.81. The molecule has 0 unspecified atom stereocenters. The maximum atomic E-state index is 12.5. The average molecular weight is 482 g/mol. The van der Waals surface area contributed by atoms with Gasteiger partial charge in [-0.05, 0) is 12.8 Å². The molecule has 2 heterocycles. The van der Waals surface area contributed by atoms with Crippen LogP contribution in [0.25, 0.3) is 0 Å². The van der Waals surface area contributed by atoms with Crippen LogP contribution in [0.1, 0.15) is 27.4 Å². The zero-order chi connectivity index (χ0) is 26.5. The lowest BCUT2D eigenvalue weighted by atomic mass is 10.2. The number of hydrogen-bond donors (Lipinski definition) is 3. The van der Waals surface area contributed by atoms with Gasteiger partial charge in [0.05, 0.1) is 11.9 Å². The van der Waals surface area contributed by atoms with E-state index in [0.717, 1.165) is 25.2 Å². The second kappa shape index (κ2) is 10.2. The molecule has 0 aliphatic heterocycles. The second-order valence-electron chi connectivity index (χ2n) is 6.94. The molecule has 2 aromatic rings. The number of carbonyl (C=O) groups is 3. The van der Waals surface area contributed by atoms with E-state index < -0.39 is 28.4 Å². The molecular weight excluding hydrogens is 456 g/mol. The summed E-state index contributed by atoms with van der Waals surface area (Å²) in [5, 5.41) is 14.5. The highest BCUT2D eigenvalue weighted by Gasteiger charge is 2.30. The highest BCUT2D eigenvalue weighted by Crippen LogP contribution is 2.31. The van der Waals surface area contributed by atoms with Crippen LogP contribution in [0, 0.1) is 5.92 Å². The Morgan fingerprint density at radius 2 is 2.06 bits per heavy atom. The lowest BCUT2D eigenvalue weighted by Gasteiger charge is -2.14. The third kappa shape index (κ3) is 6.35. The summed E-state index contributed by atoms with van der Waals surface area (Å²) in [7, 11) is -3.89. The number of hydrogen-bond acceptors (Lipinski definition) is 11. The third-order valence-electron chi connectivity index (χ3n) is 4.34. The lowest BCUT2D eigenvalue weighted by Crippen LogP contribution is -2.23. The highest BCUT2D eigenvalue weighted by molar-refractivity contribution is 7.90. The Morgan fingerprint density at radius 1 is 1.27 bits per heavy atom. The minimum absolute atomic E-state index is 0.0455. The van der Waals surface area contributed by atoms with Gasteiger partial charge >= 0.3 is 0 Å². The van der Waals surface area contributed by atoms with Gasteiger partial charge in [0, 0.05) is 35.4 Å². The van der Waals surface area contributed by atoms with Crippen LogP contribution in [0.15, 0.2) is 23.2 Å². The van der Waals surface area contributed by atoms with E-state index in [1.54, 1.807) is 5.32 Å². The van der Waals surface area contributed by atoms with E-state index in [0.29, 0.717) is 0 Å². The molecule has 0 atom stereocenters. The molecule has 1 fully saturated rings. The number of amides is 2. The van der Waals surface area contributed by atoms with E-state index in [1.165, 1.54) is 12.3 Å². The van der Waals surface area contributed by atoms with Gasteiger partial charge in [-0.25, -0.2) is 13.4 Å². The Balaban J connectivity index is 1.96. The maximum Gasteiger partial charge on any atom is 0.293 e. The number of anilines is 3. The van der Waals surface area contributed by atoms with Crippen LogP contribution in [0.4, 0.5) is 17.3 Å². The van der Waals surface area contributed by atoms with Crippen molar-refractivity contribution in [2.75, 3.05) is 37.1 Å². The van der Waals surface area contributed by atoms with Gasteiger partial charge in [0.2, 0.25) is 5.91 Å². The van der Waals surface area contributed by atoms with Crippen LogP contribution in [0.3, 0.4) is 0 Å². The Kier molecular flexibility index (Phi) is 6.14. The molecule has 1 aliphatic rings. The minimum Gasteiger partial charge on any atom is -0.488 e. The molecular formula is C19H22N6O7S. The lowest BCUT2D eigenvalue weighted by molar-refractivity contribution is -0.129. The van der Waals surface area contributed by atoms with Crippen molar-refractivity contribution >= 4 is 45.4 Å². The first kappa shape index (κ1) is 19.8. The third-order valence-corrected chi connectivity index (χ3v) is 5.45. The first-order chi connectivity index (χ1) is 16.9. The van der Waals surface area contributed by atoms with Crippen molar-refractivity contribution in [3.63, 3.8) is 0 Å². The molecule has 33 heavy (non-hydrogen) atoms. The zero-order valence-corrected chi connectivity index (χ0v) is 18.1. The predicted octanol–water partition coefficient (Wildman–Crippen LogP) is 0.279. The summed E-state index contributed by atoms with van der Waals surface area (Å²) in [4.78, 5) is 38.6. The normalized spacial score (nSPS) is 14.8. The van der Waals surface area contributed by atoms with Crippen molar-refractivity contribution in [1.29, 1.82) is 0 Å². The molecule has 14 heteroatoms. The number of sulfone groups is 1. The molecule has 1 aliphatic carbocycles. The summed E-state index contributed by atoms with van der Waals surface area (Å²) in [5.41, 5.74) is -0.647. The molecule has 176 valence electrons. The monoisotopic (exact) mass is 481 g/mol. The number of carbonyl (C=O) groups excluding carboxylic acids is 3. The Bertz CT molecular complexity index is 1270. The van der Waals surface area contributed by atoms with Gasteiger partial charge in [0.15, 0.2) is 21.3 Å². The number of rotatable bonds is 11. The van der Waals surface area contributed by atoms with E-state index in [9.17, 15) is 22.8 Å². The summed E-state index contributed by atoms with van der Waals surface area (Å²) in [5.74, 6) is -1.81. The van der Waals surface area contributed by atoms with Gasteiger partial charge in [-0.15, -0.1) is 10.2 Å². The molecule has 0 radical (unpaired) electrons. The molecule has 0 aromatic carbocycles. The van der Waals surface area contributed by atoms with Gasteiger partial charge in [-0.2, -0.15) is 0 Å². The fraction of sp³-hybridized carbons (Fsp3) is 0.368. The molecule has 3 N–H and O–H groups in total. The molecule has 2 aromatic heterocycles. The summed E-state index contributed by atoms with van der Waals surface area (Å²) in [6.07, 6.45) is 3.55. The summed E-state index contributed by atoms with van der Waals surface area (Å²) >= 11 is 0. The van der Waals surface area contributed by atoms with Gasteiger partial charge in [-0.1, -0.05) is 0 Å². The number of nitrogens with one attached hydrogen (secondary N) is 3. The van der Waals surface area contributed by atoms with Crippen molar-refractivity contribution in [3.05, 3.63) is 24.0 Å². The first-order valence-electron chi connectivity index (χ1n) is 11.0.